The summed E-state index contributed by atoms with van der Waals surface area (Å²) in [5, 5.41) is 0. The highest BCUT2D eigenvalue weighted by atomic mass is 15.2. The lowest BCUT2D eigenvalue weighted by atomic mass is 9.95. The zero-order valence-corrected chi connectivity index (χ0v) is 7.71. The van der Waals surface area contributed by atoms with Crippen molar-refractivity contribution >= 4 is 0 Å². The molecule has 2 heteroatoms. The van der Waals surface area contributed by atoms with Crippen molar-refractivity contribution in [3.8, 4) is 0 Å². The predicted molar refractivity (Wildman–Crippen MR) is 48.5 cm³/mol. The van der Waals surface area contributed by atoms with Crippen LogP contribution in [0.4, 0.5) is 0 Å². The summed E-state index contributed by atoms with van der Waals surface area (Å²) in [7, 11) is 2.23. The Kier molecular flexibility index (Phi) is 3.34. The molecule has 2 atom stereocenters. The first kappa shape index (κ1) is 9.01. The topological polar surface area (TPSA) is 29.3 Å². The fourth-order valence-electron chi connectivity index (χ4n) is 2.28. The average Bonchev–Trinajstić information content (AvgIpc) is 2.33. The van der Waals surface area contributed by atoms with E-state index in [9.17, 15) is 0 Å². The van der Waals surface area contributed by atoms with Crippen molar-refractivity contribution < 1.29 is 0 Å². The molecule has 0 spiro atoms. The molecule has 11 heavy (non-hydrogen) atoms. The minimum atomic E-state index is 0.804. The van der Waals surface area contributed by atoms with E-state index in [2.05, 4.69) is 18.9 Å². The molecule has 1 fully saturated rings. The van der Waals surface area contributed by atoms with Crippen LogP contribution in [0.25, 0.3) is 0 Å². The highest BCUT2D eigenvalue weighted by molar-refractivity contribution is 4.83. The summed E-state index contributed by atoms with van der Waals surface area (Å²) in [6, 6.07) is 0.804. The smallest absolute Gasteiger partial charge is 0.0119 e. The van der Waals surface area contributed by atoms with Crippen LogP contribution in [-0.4, -0.2) is 31.1 Å². The molecular formula is C9H20N2. The third kappa shape index (κ3) is 1.94. The molecule has 0 aromatic rings. The van der Waals surface area contributed by atoms with Crippen LogP contribution in [0, 0.1) is 5.92 Å². The third-order valence-corrected chi connectivity index (χ3v) is 2.92. The second-order valence-corrected chi connectivity index (χ2v) is 3.58. The first-order valence-corrected chi connectivity index (χ1v) is 4.70. The van der Waals surface area contributed by atoms with Gasteiger partial charge in [0, 0.05) is 6.04 Å². The fraction of sp³-hybridized carbons (Fsp3) is 1.00. The lowest BCUT2D eigenvalue weighted by molar-refractivity contribution is 0.259. The van der Waals surface area contributed by atoms with E-state index < -0.39 is 0 Å². The highest BCUT2D eigenvalue weighted by Gasteiger charge is 2.28. The van der Waals surface area contributed by atoms with E-state index in [0.29, 0.717) is 0 Å². The van der Waals surface area contributed by atoms with E-state index >= 15 is 0 Å². The Labute approximate surface area is 69.8 Å². The molecule has 1 aliphatic heterocycles. The van der Waals surface area contributed by atoms with Crippen molar-refractivity contribution in [3.63, 3.8) is 0 Å². The number of nitrogens with zero attached hydrogens (tertiary/aromatic N) is 1. The molecule has 0 aromatic carbocycles. The zero-order valence-electron chi connectivity index (χ0n) is 7.71. The maximum atomic E-state index is 5.55. The van der Waals surface area contributed by atoms with Crippen LogP contribution in [0.1, 0.15) is 26.2 Å². The molecule has 0 amide bonds. The van der Waals surface area contributed by atoms with Crippen molar-refractivity contribution in [1.82, 2.24) is 4.90 Å². The molecule has 0 aliphatic carbocycles. The van der Waals surface area contributed by atoms with Gasteiger partial charge in [-0.25, -0.2) is 0 Å². The van der Waals surface area contributed by atoms with Gasteiger partial charge in [-0.2, -0.15) is 0 Å². The number of hydrogen-bond acceptors (Lipinski definition) is 2. The molecule has 1 rings (SSSR count). The maximum absolute atomic E-state index is 5.55. The summed E-state index contributed by atoms with van der Waals surface area (Å²) in [6.45, 7) is 4.40. The normalized spacial score (nSPS) is 33.0. The molecule has 1 saturated heterocycles. The molecule has 0 radical (unpaired) electrons. The van der Waals surface area contributed by atoms with Gasteiger partial charge in [0.05, 0.1) is 0 Å². The van der Waals surface area contributed by atoms with Crippen molar-refractivity contribution in [2.75, 3.05) is 20.1 Å². The van der Waals surface area contributed by atoms with Crippen molar-refractivity contribution in [2.24, 2.45) is 11.7 Å². The lowest BCUT2D eigenvalue weighted by Crippen LogP contribution is -2.29. The number of hydrogen-bond donors (Lipinski definition) is 1. The molecule has 66 valence electrons. The van der Waals surface area contributed by atoms with E-state index in [1.54, 1.807) is 0 Å². The van der Waals surface area contributed by atoms with E-state index in [-0.39, 0.29) is 0 Å². The summed E-state index contributed by atoms with van der Waals surface area (Å²) in [4.78, 5) is 2.47. The van der Waals surface area contributed by atoms with Crippen LogP contribution in [0.15, 0.2) is 0 Å². The first-order chi connectivity index (χ1) is 5.29. The largest absolute Gasteiger partial charge is 0.330 e. The summed E-state index contributed by atoms with van der Waals surface area (Å²) >= 11 is 0. The Morgan fingerprint density at radius 3 is 2.82 bits per heavy atom. The monoisotopic (exact) mass is 156 g/mol. The van der Waals surface area contributed by atoms with Gasteiger partial charge in [-0.05, 0) is 45.3 Å². The summed E-state index contributed by atoms with van der Waals surface area (Å²) in [5.41, 5.74) is 5.55. The maximum Gasteiger partial charge on any atom is 0.0119 e. The van der Waals surface area contributed by atoms with Gasteiger partial charge in [0.1, 0.15) is 0 Å². The van der Waals surface area contributed by atoms with E-state index in [4.69, 9.17) is 5.73 Å². The van der Waals surface area contributed by atoms with Gasteiger partial charge in [-0.1, -0.05) is 6.92 Å². The number of nitrogens with two attached hydrogens (primary N) is 1. The Balaban J connectivity index is 2.40. The fourth-order valence-corrected chi connectivity index (χ4v) is 2.28. The van der Waals surface area contributed by atoms with Gasteiger partial charge in [0.2, 0.25) is 0 Å². The van der Waals surface area contributed by atoms with Crippen molar-refractivity contribution in [1.29, 1.82) is 0 Å². The second kappa shape index (κ2) is 4.07. The molecule has 2 nitrogen and oxygen atoms in total. The molecule has 1 aliphatic rings. The van der Waals surface area contributed by atoms with Crippen LogP contribution >= 0.6 is 0 Å². The molecule has 0 aromatic heterocycles. The summed E-state index contributed by atoms with van der Waals surface area (Å²) < 4.78 is 0. The van der Waals surface area contributed by atoms with Gasteiger partial charge in [0.15, 0.2) is 0 Å². The van der Waals surface area contributed by atoms with E-state index in [1.807, 2.05) is 0 Å². The zero-order chi connectivity index (χ0) is 8.27. The molecule has 0 saturated carbocycles. The molecule has 2 unspecified atom stereocenters. The number of likely N-dealkylation sites (tertiary alicyclic amines) is 1. The Bertz CT molecular complexity index is 112. The van der Waals surface area contributed by atoms with Gasteiger partial charge >= 0.3 is 0 Å². The van der Waals surface area contributed by atoms with Gasteiger partial charge in [0.25, 0.3) is 0 Å². The SMILES string of the molecule is CCC1C(CCN)CCN1C. The predicted octanol–water partition coefficient (Wildman–Crippen LogP) is 1.07. The van der Waals surface area contributed by atoms with Crippen molar-refractivity contribution in [3.05, 3.63) is 0 Å². The third-order valence-electron chi connectivity index (χ3n) is 2.92. The minimum absolute atomic E-state index is 0.804. The Hall–Kier alpha value is -0.0800. The Morgan fingerprint density at radius 1 is 1.55 bits per heavy atom. The molecule has 1 heterocycles. The minimum Gasteiger partial charge on any atom is -0.330 e. The quantitative estimate of drug-likeness (QED) is 0.662. The lowest BCUT2D eigenvalue weighted by Gasteiger charge is -2.22. The van der Waals surface area contributed by atoms with Crippen LogP contribution < -0.4 is 5.73 Å². The van der Waals surface area contributed by atoms with Crippen LogP contribution in [0.5, 0.6) is 0 Å². The van der Waals surface area contributed by atoms with Gasteiger partial charge in [-0.3, -0.25) is 0 Å². The summed E-state index contributed by atoms with van der Waals surface area (Å²) in [5.74, 6) is 0.870. The second-order valence-electron chi connectivity index (χ2n) is 3.58. The van der Waals surface area contributed by atoms with Crippen LogP contribution in [0.2, 0.25) is 0 Å². The molecule has 0 bridgehead atoms. The van der Waals surface area contributed by atoms with Gasteiger partial charge in [-0.15, -0.1) is 0 Å². The van der Waals surface area contributed by atoms with Crippen molar-refractivity contribution in [2.45, 2.75) is 32.2 Å². The van der Waals surface area contributed by atoms with Crippen LogP contribution in [-0.2, 0) is 0 Å². The summed E-state index contributed by atoms with van der Waals surface area (Å²) in [6.07, 6.45) is 3.84. The molecule has 2 N–H and O–H groups in total. The first-order valence-electron chi connectivity index (χ1n) is 4.70. The molecular weight excluding hydrogens is 136 g/mol. The standard InChI is InChI=1S/C9H20N2/c1-3-9-8(4-6-10)5-7-11(9)2/h8-9H,3-7,10H2,1-2H3. The number of rotatable bonds is 3. The Morgan fingerprint density at radius 2 is 2.27 bits per heavy atom. The average molecular weight is 156 g/mol. The van der Waals surface area contributed by atoms with E-state index in [1.165, 1.54) is 25.8 Å². The van der Waals surface area contributed by atoms with Crippen LogP contribution in [0.3, 0.4) is 0 Å². The highest BCUT2D eigenvalue weighted by Crippen LogP contribution is 2.27. The van der Waals surface area contributed by atoms with E-state index in [0.717, 1.165) is 18.5 Å². The van der Waals surface area contributed by atoms with Gasteiger partial charge < -0.3 is 10.6 Å².